The molecule has 0 spiro atoms. The van der Waals surface area contributed by atoms with Gasteiger partial charge in [0, 0.05) is 12.1 Å². The van der Waals surface area contributed by atoms with Crippen molar-refractivity contribution in [3.63, 3.8) is 0 Å². The van der Waals surface area contributed by atoms with Gasteiger partial charge in [-0.2, -0.15) is 0 Å². The number of nitrogens with one attached hydrogen (secondary N) is 1. The third-order valence-corrected chi connectivity index (χ3v) is 5.90. The van der Waals surface area contributed by atoms with Crippen molar-refractivity contribution in [2.45, 2.75) is 32.6 Å². The van der Waals surface area contributed by atoms with Crippen molar-refractivity contribution < 1.29 is 8.42 Å². The normalized spacial score (nSPS) is 12.7. The number of benzene rings is 1. The maximum atomic E-state index is 12.4. The highest BCUT2D eigenvalue weighted by Crippen LogP contribution is 2.27. The first kappa shape index (κ1) is 18.4. The van der Waals surface area contributed by atoms with Gasteiger partial charge in [0.15, 0.2) is 0 Å². The Morgan fingerprint density at radius 3 is 2.48 bits per heavy atom. The molecule has 0 radical (unpaired) electrons. The molecule has 0 aliphatic rings. The molecule has 0 saturated heterocycles. The van der Waals surface area contributed by atoms with E-state index in [-0.39, 0.29) is 20.3 Å². The molecule has 1 rings (SSSR count). The molecule has 0 aliphatic carbocycles. The minimum atomic E-state index is -3.71. The number of halogens is 1. The fraction of sp³-hybridized carbons (Fsp3) is 0.500. The van der Waals surface area contributed by atoms with Gasteiger partial charge in [0.2, 0.25) is 10.0 Å². The number of nitrogens with two attached hydrogens (primary N) is 1. The standard InChI is InChI=1S/C14H21ClN2O2S2/c1-9(2)14(3,4)8-17-21(18,19)12-7-10(13(16)20)5-6-11(12)15/h5-7,9,17H,8H2,1-4H3,(H2,16,20). The summed E-state index contributed by atoms with van der Waals surface area (Å²) in [5.74, 6) is 0.332. The Morgan fingerprint density at radius 2 is 2.00 bits per heavy atom. The summed E-state index contributed by atoms with van der Waals surface area (Å²) in [6.45, 7) is 8.44. The van der Waals surface area contributed by atoms with Crippen molar-refractivity contribution in [2.75, 3.05) is 6.54 Å². The minimum Gasteiger partial charge on any atom is -0.389 e. The first-order valence-electron chi connectivity index (χ1n) is 6.56. The van der Waals surface area contributed by atoms with Crippen molar-refractivity contribution in [3.8, 4) is 0 Å². The largest absolute Gasteiger partial charge is 0.389 e. The zero-order chi connectivity index (χ0) is 16.4. The van der Waals surface area contributed by atoms with E-state index in [1.165, 1.54) is 12.1 Å². The Morgan fingerprint density at radius 1 is 1.43 bits per heavy atom. The molecule has 0 heterocycles. The highest BCUT2D eigenvalue weighted by molar-refractivity contribution is 7.89. The molecule has 0 aromatic heterocycles. The predicted octanol–water partition coefficient (Wildman–Crippen LogP) is 2.93. The third kappa shape index (κ3) is 4.64. The van der Waals surface area contributed by atoms with Crippen molar-refractivity contribution in [3.05, 3.63) is 28.8 Å². The first-order valence-corrected chi connectivity index (χ1v) is 8.83. The summed E-state index contributed by atoms with van der Waals surface area (Å²) in [5, 5.41) is 0.143. The lowest BCUT2D eigenvalue weighted by atomic mass is 9.81. The van der Waals surface area contributed by atoms with Crippen LogP contribution in [0.1, 0.15) is 33.3 Å². The predicted molar refractivity (Wildman–Crippen MR) is 91.1 cm³/mol. The summed E-state index contributed by atoms with van der Waals surface area (Å²) in [4.78, 5) is 0.125. The van der Waals surface area contributed by atoms with Crippen LogP contribution in [-0.2, 0) is 10.0 Å². The van der Waals surface area contributed by atoms with Crippen LogP contribution < -0.4 is 10.5 Å². The molecule has 0 amide bonds. The maximum absolute atomic E-state index is 12.4. The van der Waals surface area contributed by atoms with E-state index in [1.807, 2.05) is 13.8 Å². The van der Waals surface area contributed by atoms with Crippen LogP contribution >= 0.6 is 23.8 Å². The topological polar surface area (TPSA) is 72.2 Å². The van der Waals surface area contributed by atoms with Crippen LogP contribution in [0.5, 0.6) is 0 Å². The molecule has 3 N–H and O–H groups in total. The van der Waals surface area contributed by atoms with Crippen LogP contribution in [0.2, 0.25) is 5.02 Å². The Hall–Kier alpha value is -0.690. The van der Waals surface area contributed by atoms with Crippen LogP contribution in [0.3, 0.4) is 0 Å². The highest BCUT2D eigenvalue weighted by atomic mass is 35.5. The van der Waals surface area contributed by atoms with Crippen LogP contribution in [-0.4, -0.2) is 20.0 Å². The van der Waals surface area contributed by atoms with Gasteiger partial charge >= 0.3 is 0 Å². The number of rotatable bonds is 6. The smallest absolute Gasteiger partial charge is 0.242 e. The fourth-order valence-corrected chi connectivity index (χ4v) is 3.30. The molecule has 0 saturated carbocycles. The first-order chi connectivity index (χ1) is 9.47. The summed E-state index contributed by atoms with van der Waals surface area (Å²) >= 11 is 10.9. The lowest BCUT2D eigenvalue weighted by Gasteiger charge is -2.29. The SMILES string of the molecule is CC(C)C(C)(C)CNS(=O)(=O)c1cc(C(N)=S)ccc1Cl. The second-order valence-electron chi connectivity index (χ2n) is 5.98. The van der Waals surface area contributed by atoms with Gasteiger partial charge in [-0.25, -0.2) is 13.1 Å². The number of sulfonamides is 1. The summed E-state index contributed by atoms with van der Waals surface area (Å²) in [6.07, 6.45) is 0. The molecule has 21 heavy (non-hydrogen) atoms. The van der Waals surface area contributed by atoms with Gasteiger partial charge in [-0.15, -0.1) is 0 Å². The van der Waals surface area contributed by atoms with E-state index in [1.54, 1.807) is 6.07 Å². The molecule has 4 nitrogen and oxygen atoms in total. The molecule has 118 valence electrons. The van der Waals surface area contributed by atoms with Crippen LogP contribution in [0.4, 0.5) is 0 Å². The molecule has 0 fully saturated rings. The summed E-state index contributed by atoms with van der Waals surface area (Å²) in [5.41, 5.74) is 5.84. The lowest BCUT2D eigenvalue weighted by molar-refractivity contribution is 0.252. The van der Waals surface area contributed by atoms with E-state index in [4.69, 9.17) is 29.6 Å². The van der Waals surface area contributed by atoms with E-state index in [9.17, 15) is 8.42 Å². The second kappa shape index (κ2) is 6.60. The maximum Gasteiger partial charge on any atom is 0.242 e. The van der Waals surface area contributed by atoms with Crippen molar-refractivity contribution in [2.24, 2.45) is 17.1 Å². The van der Waals surface area contributed by atoms with Gasteiger partial charge < -0.3 is 5.73 Å². The summed E-state index contributed by atoms with van der Waals surface area (Å²) in [6, 6.07) is 4.48. The molecule has 7 heteroatoms. The van der Waals surface area contributed by atoms with E-state index in [2.05, 4.69) is 18.6 Å². The average Bonchev–Trinajstić information content (AvgIpc) is 2.36. The Labute approximate surface area is 137 Å². The molecular formula is C14H21ClN2O2S2. The van der Waals surface area contributed by atoms with Gasteiger partial charge in [-0.3, -0.25) is 0 Å². The number of hydrogen-bond donors (Lipinski definition) is 2. The van der Waals surface area contributed by atoms with Crippen molar-refractivity contribution >= 4 is 38.8 Å². The van der Waals surface area contributed by atoms with E-state index < -0.39 is 10.0 Å². The number of hydrogen-bond acceptors (Lipinski definition) is 3. The van der Waals surface area contributed by atoms with Crippen LogP contribution in [0, 0.1) is 11.3 Å². The Bertz CT molecular complexity index is 640. The summed E-state index contributed by atoms with van der Waals surface area (Å²) < 4.78 is 27.4. The van der Waals surface area contributed by atoms with E-state index in [0.29, 0.717) is 18.0 Å². The highest BCUT2D eigenvalue weighted by Gasteiger charge is 2.26. The van der Waals surface area contributed by atoms with Gasteiger partial charge in [0.05, 0.1) is 5.02 Å². The molecule has 0 bridgehead atoms. The molecule has 0 unspecified atom stereocenters. The molecule has 0 aliphatic heterocycles. The molecule has 0 atom stereocenters. The van der Waals surface area contributed by atoms with E-state index >= 15 is 0 Å². The quantitative estimate of drug-likeness (QED) is 0.775. The third-order valence-electron chi connectivity index (χ3n) is 3.79. The van der Waals surface area contributed by atoms with Gasteiger partial charge in [0.1, 0.15) is 9.88 Å². The fourth-order valence-electron chi connectivity index (χ4n) is 1.43. The second-order valence-corrected chi connectivity index (χ2v) is 8.56. The zero-order valence-corrected chi connectivity index (χ0v) is 15.0. The lowest BCUT2D eigenvalue weighted by Crippen LogP contribution is -2.37. The van der Waals surface area contributed by atoms with Gasteiger partial charge in [-0.05, 0) is 23.5 Å². The Kier molecular flexibility index (Phi) is 5.77. The molecular weight excluding hydrogens is 328 g/mol. The van der Waals surface area contributed by atoms with Gasteiger partial charge in [0.25, 0.3) is 0 Å². The van der Waals surface area contributed by atoms with Crippen LogP contribution in [0.15, 0.2) is 23.1 Å². The average molecular weight is 349 g/mol. The van der Waals surface area contributed by atoms with E-state index in [0.717, 1.165) is 0 Å². The molecule has 1 aromatic carbocycles. The van der Waals surface area contributed by atoms with Gasteiger partial charge in [-0.1, -0.05) is 57.6 Å². The number of thiocarbonyl (C=S) groups is 1. The van der Waals surface area contributed by atoms with Crippen molar-refractivity contribution in [1.82, 2.24) is 4.72 Å². The zero-order valence-electron chi connectivity index (χ0n) is 12.6. The monoisotopic (exact) mass is 348 g/mol. The van der Waals surface area contributed by atoms with Crippen molar-refractivity contribution in [1.29, 1.82) is 0 Å². The molecule has 1 aromatic rings. The van der Waals surface area contributed by atoms with Crippen LogP contribution in [0.25, 0.3) is 0 Å². The minimum absolute atomic E-state index is 0.00553. The Balaban J connectivity index is 3.09. The summed E-state index contributed by atoms with van der Waals surface area (Å²) in [7, 11) is -3.71.